The maximum absolute atomic E-state index is 12.1. The number of aliphatic imine (C=N–C) groups is 1. The lowest BCUT2D eigenvalue weighted by atomic mass is 10.1. The largest absolute Gasteiger partial charge is 0.325 e. The molecule has 1 aliphatic rings. The molecule has 1 unspecified atom stereocenters. The highest BCUT2D eigenvalue weighted by Gasteiger charge is 2.16. The van der Waals surface area contributed by atoms with Crippen molar-refractivity contribution in [3.8, 4) is 11.3 Å². The number of nitrogens with one attached hydrogen (secondary N) is 2. The molecule has 1 aliphatic heterocycles. The first kappa shape index (κ1) is 13.0. The number of nitrogens with zero attached hydrogens (tertiary/aromatic N) is 2. The molecule has 6 heteroatoms. The van der Waals surface area contributed by atoms with Gasteiger partial charge in [-0.1, -0.05) is 18.2 Å². The SMILES string of the molecule is O=C1C=CC(C(=O)Nc2cccc(-c3ccn[nH]3)c2)C=N1. The standard InChI is InChI=1S/C15H12N4O2/c20-14-5-4-11(9-16-14)15(21)18-12-3-1-2-10(8-12)13-6-7-17-19-13/h1-9,11H,(H,17,19)(H,18,21). The Morgan fingerprint density at radius 3 is 2.90 bits per heavy atom. The fourth-order valence-corrected chi connectivity index (χ4v) is 1.99. The van der Waals surface area contributed by atoms with Gasteiger partial charge in [0.15, 0.2) is 0 Å². The minimum atomic E-state index is -0.529. The molecule has 2 heterocycles. The Bertz CT molecular complexity index is 716. The van der Waals surface area contributed by atoms with Crippen LogP contribution in [0.25, 0.3) is 11.3 Å². The number of carbonyl (C=O) groups is 2. The van der Waals surface area contributed by atoms with E-state index in [1.54, 1.807) is 12.3 Å². The number of rotatable bonds is 3. The minimum absolute atomic E-state index is 0.232. The van der Waals surface area contributed by atoms with Gasteiger partial charge in [0.2, 0.25) is 5.91 Å². The zero-order valence-corrected chi connectivity index (χ0v) is 11.0. The van der Waals surface area contributed by atoms with Crippen LogP contribution in [0.3, 0.4) is 0 Å². The Kier molecular flexibility index (Phi) is 3.42. The minimum Gasteiger partial charge on any atom is -0.325 e. The highest BCUT2D eigenvalue weighted by molar-refractivity contribution is 6.09. The number of carbonyl (C=O) groups excluding carboxylic acids is 2. The second kappa shape index (κ2) is 5.54. The van der Waals surface area contributed by atoms with Gasteiger partial charge in [0.25, 0.3) is 5.91 Å². The maximum Gasteiger partial charge on any atom is 0.269 e. The number of aromatic amines is 1. The fourth-order valence-electron chi connectivity index (χ4n) is 1.99. The van der Waals surface area contributed by atoms with Crippen molar-refractivity contribution >= 4 is 23.7 Å². The van der Waals surface area contributed by atoms with Crippen LogP contribution >= 0.6 is 0 Å². The summed E-state index contributed by atoms with van der Waals surface area (Å²) in [6.07, 6.45) is 5.84. The molecule has 0 fully saturated rings. The predicted octanol–water partition coefficient (Wildman–Crippen LogP) is 1.80. The van der Waals surface area contributed by atoms with Crippen molar-refractivity contribution in [1.29, 1.82) is 0 Å². The van der Waals surface area contributed by atoms with Crippen molar-refractivity contribution in [3.63, 3.8) is 0 Å². The molecule has 1 aromatic carbocycles. The third-order valence-corrected chi connectivity index (χ3v) is 3.05. The quantitative estimate of drug-likeness (QED) is 0.898. The number of aromatic nitrogens is 2. The number of anilines is 1. The molecular weight excluding hydrogens is 268 g/mol. The Balaban J connectivity index is 1.75. The highest BCUT2D eigenvalue weighted by atomic mass is 16.2. The van der Waals surface area contributed by atoms with Gasteiger partial charge in [0.05, 0.1) is 11.6 Å². The first-order valence-electron chi connectivity index (χ1n) is 6.39. The molecule has 6 nitrogen and oxygen atoms in total. The van der Waals surface area contributed by atoms with Crippen molar-refractivity contribution in [2.75, 3.05) is 5.32 Å². The van der Waals surface area contributed by atoms with Crippen LogP contribution in [0.4, 0.5) is 5.69 Å². The summed E-state index contributed by atoms with van der Waals surface area (Å²) in [5.74, 6) is -1.11. The molecular formula is C15H12N4O2. The van der Waals surface area contributed by atoms with Gasteiger partial charge >= 0.3 is 0 Å². The van der Waals surface area contributed by atoms with Crippen LogP contribution in [-0.4, -0.2) is 28.2 Å². The molecule has 0 saturated heterocycles. The zero-order chi connectivity index (χ0) is 14.7. The molecule has 1 atom stereocenters. The summed E-state index contributed by atoms with van der Waals surface area (Å²) in [6, 6.07) is 9.26. The lowest BCUT2D eigenvalue weighted by Crippen LogP contribution is -2.24. The van der Waals surface area contributed by atoms with Gasteiger partial charge in [-0.05, 0) is 18.2 Å². The Hall–Kier alpha value is -3.02. The number of amides is 2. The average molecular weight is 280 g/mol. The van der Waals surface area contributed by atoms with Crippen molar-refractivity contribution in [1.82, 2.24) is 10.2 Å². The molecule has 3 rings (SSSR count). The lowest BCUT2D eigenvalue weighted by molar-refractivity contribution is -0.117. The number of H-pyrrole nitrogens is 1. The predicted molar refractivity (Wildman–Crippen MR) is 78.8 cm³/mol. The van der Waals surface area contributed by atoms with E-state index in [1.807, 2.05) is 24.3 Å². The first-order chi connectivity index (χ1) is 10.2. The van der Waals surface area contributed by atoms with E-state index in [-0.39, 0.29) is 11.8 Å². The highest BCUT2D eigenvalue weighted by Crippen LogP contribution is 2.20. The molecule has 0 aliphatic carbocycles. The van der Waals surface area contributed by atoms with E-state index in [9.17, 15) is 9.59 Å². The van der Waals surface area contributed by atoms with Crippen LogP contribution in [0.1, 0.15) is 0 Å². The summed E-state index contributed by atoms with van der Waals surface area (Å²) in [7, 11) is 0. The molecule has 1 aromatic heterocycles. The summed E-state index contributed by atoms with van der Waals surface area (Å²) in [5.41, 5.74) is 2.47. The molecule has 0 radical (unpaired) electrons. The van der Waals surface area contributed by atoms with Crippen LogP contribution < -0.4 is 5.32 Å². The molecule has 21 heavy (non-hydrogen) atoms. The summed E-state index contributed by atoms with van der Waals surface area (Å²) >= 11 is 0. The number of dihydropyridines is 1. The normalized spacial score (nSPS) is 17.0. The Labute approximate surface area is 120 Å². The first-order valence-corrected chi connectivity index (χ1v) is 6.39. The second-order valence-corrected chi connectivity index (χ2v) is 4.54. The van der Waals surface area contributed by atoms with Crippen LogP contribution in [0.2, 0.25) is 0 Å². The van der Waals surface area contributed by atoms with Crippen molar-refractivity contribution in [3.05, 3.63) is 48.7 Å². The molecule has 2 amide bonds. The van der Waals surface area contributed by atoms with Crippen LogP contribution in [0, 0.1) is 5.92 Å². The molecule has 2 aromatic rings. The Morgan fingerprint density at radius 2 is 2.19 bits per heavy atom. The molecule has 0 saturated carbocycles. The van der Waals surface area contributed by atoms with Crippen LogP contribution in [-0.2, 0) is 9.59 Å². The van der Waals surface area contributed by atoms with Gasteiger partial charge in [-0.3, -0.25) is 14.7 Å². The third-order valence-electron chi connectivity index (χ3n) is 3.05. The van der Waals surface area contributed by atoms with Crippen molar-refractivity contribution < 1.29 is 9.59 Å². The average Bonchev–Trinajstić information content (AvgIpc) is 3.02. The van der Waals surface area contributed by atoms with Crippen LogP contribution in [0.5, 0.6) is 0 Å². The van der Waals surface area contributed by atoms with Gasteiger partial charge in [0, 0.05) is 29.7 Å². The van der Waals surface area contributed by atoms with Crippen molar-refractivity contribution in [2.24, 2.45) is 10.9 Å². The maximum atomic E-state index is 12.1. The van der Waals surface area contributed by atoms with Crippen molar-refractivity contribution in [2.45, 2.75) is 0 Å². The summed E-state index contributed by atoms with van der Waals surface area (Å²) in [6.45, 7) is 0. The van der Waals surface area contributed by atoms with Gasteiger partial charge in [-0.2, -0.15) is 5.10 Å². The number of hydrogen-bond acceptors (Lipinski definition) is 3. The van der Waals surface area contributed by atoms with Gasteiger partial charge in [-0.15, -0.1) is 0 Å². The van der Waals surface area contributed by atoms with Gasteiger partial charge in [-0.25, -0.2) is 4.99 Å². The third kappa shape index (κ3) is 2.94. The summed E-state index contributed by atoms with van der Waals surface area (Å²) in [4.78, 5) is 26.6. The van der Waals surface area contributed by atoms with Gasteiger partial charge < -0.3 is 5.32 Å². The smallest absolute Gasteiger partial charge is 0.269 e. The summed E-state index contributed by atoms with van der Waals surface area (Å²) in [5, 5.41) is 9.57. The van der Waals surface area contributed by atoms with E-state index in [1.165, 1.54) is 18.4 Å². The van der Waals surface area contributed by atoms with E-state index < -0.39 is 5.92 Å². The molecule has 0 bridgehead atoms. The van der Waals surface area contributed by atoms with Crippen LogP contribution in [0.15, 0.2) is 53.7 Å². The molecule has 0 spiro atoms. The van der Waals surface area contributed by atoms with E-state index in [4.69, 9.17) is 0 Å². The Morgan fingerprint density at radius 1 is 1.29 bits per heavy atom. The second-order valence-electron chi connectivity index (χ2n) is 4.54. The monoisotopic (exact) mass is 280 g/mol. The topological polar surface area (TPSA) is 87.2 Å². The van der Waals surface area contributed by atoms with Gasteiger partial charge in [0.1, 0.15) is 0 Å². The fraction of sp³-hybridized carbons (Fsp3) is 0.0667. The van der Waals surface area contributed by atoms with E-state index in [0.29, 0.717) is 5.69 Å². The lowest BCUT2D eigenvalue weighted by Gasteiger charge is -2.11. The molecule has 2 N–H and O–H groups in total. The number of hydrogen-bond donors (Lipinski definition) is 2. The molecule has 104 valence electrons. The van der Waals surface area contributed by atoms with E-state index in [2.05, 4.69) is 20.5 Å². The van der Waals surface area contributed by atoms with E-state index >= 15 is 0 Å². The zero-order valence-electron chi connectivity index (χ0n) is 11.0. The van der Waals surface area contributed by atoms with E-state index in [0.717, 1.165) is 11.3 Å². The summed E-state index contributed by atoms with van der Waals surface area (Å²) < 4.78 is 0. The number of benzene rings is 1.